The highest BCUT2D eigenvalue weighted by Crippen LogP contribution is 2.26. The van der Waals surface area contributed by atoms with Gasteiger partial charge in [0.1, 0.15) is 12.0 Å². The topological polar surface area (TPSA) is 30.2 Å². The molecule has 0 bridgehead atoms. The van der Waals surface area contributed by atoms with Crippen LogP contribution in [0.4, 0.5) is 0 Å². The van der Waals surface area contributed by atoms with E-state index in [1.807, 2.05) is 50.2 Å². The number of carbonyl (C=O) groups excluding carboxylic acids is 1. The molecule has 0 aliphatic rings. The molecule has 2 aromatic rings. The molecule has 0 saturated heterocycles. The van der Waals surface area contributed by atoms with Gasteiger partial charge < -0.3 is 9.21 Å². The fourth-order valence-electron chi connectivity index (χ4n) is 1.92. The van der Waals surface area contributed by atoms with Crippen LogP contribution in [0.5, 0.6) is 0 Å². The molecule has 88 valence electrons. The van der Waals surface area contributed by atoms with Crippen LogP contribution in [0.25, 0.3) is 0 Å². The number of hydrogen-bond donors (Lipinski definition) is 0. The van der Waals surface area contributed by atoms with Crippen molar-refractivity contribution in [2.24, 2.45) is 0 Å². The van der Waals surface area contributed by atoms with Gasteiger partial charge in [-0.1, -0.05) is 29.8 Å². The second kappa shape index (κ2) is 4.58. The first-order valence-electron chi connectivity index (χ1n) is 5.70. The zero-order valence-electron chi connectivity index (χ0n) is 10.1. The number of rotatable bonds is 4. The Morgan fingerprint density at radius 3 is 2.47 bits per heavy atom. The first-order valence-corrected chi connectivity index (χ1v) is 5.70. The van der Waals surface area contributed by atoms with Gasteiger partial charge in [0, 0.05) is 6.42 Å². The van der Waals surface area contributed by atoms with Crippen LogP contribution in [0.2, 0.25) is 0 Å². The highest BCUT2D eigenvalue weighted by Gasteiger charge is 2.27. The molecule has 0 fully saturated rings. The number of aldehydes is 1. The molecule has 2 nitrogen and oxygen atoms in total. The van der Waals surface area contributed by atoms with Crippen LogP contribution in [0.3, 0.4) is 0 Å². The third-order valence-corrected chi connectivity index (χ3v) is 3.09. The van der Waals surface area contributed by atoms with Crippen LogP contribution in [-0.2, 0) is 16.6 Å². The van der Waals surface area contributed by atoms with Gasteiger partial charge in [-0.2, -0.15) is 0 Å². The van der Waals surface area contributed by atoms with E-state index >= 15 is 0 Å². The van der Waals surface area contributed by atoms with Gasteiger partial charge >= 0.3 is 0 Å². The normalized spacial score (nSPS) is 14.2. The Bertz CT molecular complexity index is 482. The SMILES string of the molecule is Cc1ccc(C(C)(C=O)Cc2ccco2)cc1. The summed E-state index contributed by atoms with van der Waals surface area (Å²) < 4.78 is 5.32. The van der Waals surface area contributed by atoms with E-state index in [1.54, 1.807) is 6.26 Å². The van der Waals surface area contributed by atoms with E-state index in [9.17, 15) is 4.79 Å². The highest BCUT2D eigenvalue weighted by molar-refractivity contribution is 5.68. The molecule has 0 saturated carbocycles. The largest absolute Gasteiger partial charge is 0.469 e. The first-order chi connectivity index (χ1) is 8.14. The predicted molar refractivity (Wildman–Crippen MR) is 67.0 cm³/mol. The molecule has 1 aromatic heterocycles. The van der Waals surface area contributed by atoms with Crippen molar-refractivity contribution in [2.45, 2.75) is 25.7 Å². The summed E-state index contributed by atoms with van der Waals surface area (Å²) in [5, 5.41) is 0. The molecule has 2 rings (SSSR count). The van der Waals surface area contributed by atoms with Crippen molar-refractivity contribution >= 4 is 6.29 Å². The predicted octanol–water partition coefficient (Wildman–Crippen LogP) is 3.29. The minimum Gasteiger partial charge on any atom is -0.469 e. The van der Waals surface area contributed by atoms with Crippen molar-refractivity contribution in [3.63, 3.8) is 0 Å². The lowest BCUT2D eigenvalue weighted by Crippen LogP contribution is -2.26. The molecule has 1 atom stereocenters. The summed E-state index contributed by atoms with van der Waals surface area (Å²) in [7, 11) is 0. The summed E-state index contributed by atoms with van der Waals surface area (Å²) in [6.07, 6.45) is 3.22. The third-order valence-electron chi connectivity index (χ3n) is 3.09. The van der Waals surface area contributed by atoms with E-state index in [1.165, 1.54) is 5.56 Å². The van der Waals surface area contributed by atoms with Crippen molar-refractivity contribution < 1.29 is 9.21 Å². The summed E-state index contributed by atoms with van der Waals surface area (Å²) in [6, 6.07) is 11.8. The van der Waals surface area contributed by atoms with Crippen molar-refractivity contribution in [3.8, 4) is 0 Å². The Kier molecular flexibility index (Phi) is 3.14. The summed E-state index contributed by atoms with van der Waals surface area (Å²) in [5.41, 5.74) is 1.69. The molecular formula is C15H16O2. The monoisotopic (exact) mass is 228 g/mol. The van der Waals surface area contributed by atoms with Crippen LogP contribution in [0.15, 0.2) is 47.1 Å². The summed E-state index contributed by atoms with van der Waals surface area (Å²) in [5.74, 6) is 0.833. The molecule has 1 aromatic carbocycles. The van der Waals surface area contributed by atoms with Crippen LogP contribution in [-0.4, -0.2) is 6.29 Å². The maximum absolute atomic E-state index is 11.4. The maximum Gasteiger partial charge on any atom is 0.130 e. The Morgan fingerprint density at radius 2 is 1.94 bits per heavy atom. The highest BCUT2D eigenvalue weighted by atomic mass is 16.3. The van der Waals surface area contributed by atoms with Crippen molar-refractivity contribution in [2.75, 3.05) is 0 Å². The van der Waals surface area contributed by atoms with Gasteiger partial charge in [0.2, 0.25) is 0 Å². The van der Waals surface area contributed by atoms with Gasteiger partial charge in [-0.15, -0.1) is 0 Å². The maximum atomic E-state index is 11.4. The molecule has 1 unspecified atom stereocenters. The van der Waals surface area contributed by atoms with Gasteiger partial charge in [0.25, 0.3) is 0 Å². The van der Waals surface area contributed by atoms with E-state index in [0.29, 0.717) is 6.42 Å². The molecule has 0 spiro atoms. The first kappa shape index (κ1) is 11.6. The molecule has 17 heavy (non-hydrogen) atoms. The minimum absolute atomic E-state index is 0.522. The molecule has 0 aliphatic carbocycles. The Morgan fingerprint density at radius 1 is 1.24 bits per heavy atom. The van der Waals surface area contributed by atoms with E-state index in [4.69, 9.17) is 4.42 Å². The standard InChI is InChI=1S/C15H16O2/c1-12-5-7-13(8-6-12)15(2,11-16)10-14-4-3-9-17-14/h3-9,11H,10H2,1-2H3. The van der Waals surface area contributed by atoms with Crippen LogP contribution in [0.1, 0.15) is 23.8 Å². The van der Waals surface area contributed by atoms with Crippen molar-refractivity contribution in [1.82, 2.24) is 0 Å². The summed E-state index contributed by atoms with van der Waals surface area (Å²) >= 11 is 0. The van der Waals surface area contributed by atoms with E-state index in [2.05, 4.69) is 0 Å². The van der Waals surface area contributed by atoms with Gasteiger partial charge in [-0.25, -0.2) is 0 Å². The fourth-order valence-corrected chi connectivity index (χ4v) is 1.92. The van der Waals surface area contributed by atoms with Gasteiger partial charge in [0.05, 0.1) is 11.7 Å². The smallest absolute Gasteiger partial charge is 0.130 e. The second-order valence-corrected chi connectivity index (χ2v) is 4.66. The lowest BCUT2D eigenvalue weighted by molar-refractivity contribution is -0.112. The molecule has 0 N–H and O–H groups in total. The van der Waals surface area contributed by atoms with Gasteiger partial charge in [-0.05, 0) is 31.5 Å². The number of benzene rings is 1. The molecular weight excluding hydrogens is 212 g/mol. The zero-order chi connectivity index (χ0) is 12.3. The van der Waals surface area contributed by atoms with Crippen LogP contribution >= 0.6 is 0 Å². The lowest BCUT2D eigenvalue weighted by Gasteiger charge is -2.22. The minimum atomic E-state index is -0.522. The van der Waals surface area contributed by atoms with E-state index in [-0.39, 0.29) is 0 Å². The average Bonchev–Trinajstić information content (AvgIpc) is 2.82. The van der Waals surface area contributed by atoms with Gasteiger partial charge in [0.15, 0.2) is 0 Å². The molecule has 2 heteroatoms. The Hall–Kier alpha value is -1.83. The quantitative estimate of drug-likeness (QED) is 0.752. The summed E-state index contributed by atoms with van der Waals surface area (Å²) in [4.78, 5) is 11.4. The van der Waals surface area contributed by atoms with Crippen LogP contribution in [0, 0.1) is 6.92 Å². The third kappa shape index (κ3) is 2.47. The Labute approximate surface area is 101 Å². The Balaban J connectivity index is 2.30. The zero-order valence-corrected chi connectivity index (χ0v) is 10.1. The summed E-state index contributed by atoms with van der Waals surface area (Å²) in [6.45, 7) is 3.97. The average molecular weight is 228 g/mol. The number of hydrogen-bond acceptors (Lipinski definition) is 2. The molecule has 0 aliphatic heterocycles. The van der Waals surface area contributed by atoms with E-state index < -0.39 is 5.41 Å². The van der Waals surface area contributed by atoms with Crippen molar-refractivity contribution in [1.29, 1.82) is 0 Å². The molecule has 1 heterocycles. The number of aryl methyl sites for hydroxylation is 1. The van der Waals surface area contributed by atoms with E-state index in [0.717, 1.165) is 17.6 Å². The van der Waals surface area contributed by atoms with Crippen LogP contribution < -0.4 is 0 Å². The van der Waals surface area contributed by atoms with Gasteiger partial charge in [-0.3, -0.25) is 0 Å². The number of carbonyl (C=O) groups is 1. The molecule has 0 amide bonds. The lowest BCUT2D eigenvalue weighted by atomic mass is 9.80. The molecule has 0 radical (unpaired) electrons. The second-order valence-electron chi connectivity index (χ2n) is 4.66. The van der Waals surface area contributed by atoms with Crippen molar-refractivity contribution in [3.05, 3.63) is 59.5 Å². The fraction of sp³-hybridized carbons (Fsp3) is 0.267. The number of furan rings is 1.